The number of nitrogens with one attached hydrogen (secondary N) is 2. The van der Waals surface area contributed by atoms with Gasteiger partial charge in [-0.05, 0) is 0 Å². The van der Waals surface area contributed by atoms with Crippen LogP contribution in [0.4, 0.5) is 4.79 Å². The zero-order chi connectivity index (χ0) is 9.56. The largest absolute Gasteiger partial charge is 2.00 e. The van der Waals surface area contributed by atoms with Crippen LogP contribution in [0.2, 0.25) is 0 Å². The molecule has 0 bridgehead atoms. The van der Waals surface area contributed by atoms with Crippen molar-refractivity contribution in [1.82, 2.24) is 0 Å². The molecule has 6 heteroatoms. The molecule has 80 valence electrons. The Hall–Kier alpha value is -0.122. The molecule has 1 rings (SSSR count). The average Bonchev–Trinajstić information content (AvgIpc) is 1.94. The van der Waals surface area contributed by atoms with E-state index in [1.807, 2.05) is 0 Å². The third-order valence-corrected chi connectivity index (χ3v) is 1.77. The second kappa shape index (κ2) is 8.48. The Morgan fingerprint density at radius 2 is 1.31 bits per heavy atom. The van der Waals surface area contributed by atoms with Crippen molar-refractivity contribution in [3.8, 4) is 0 Å². The normalized spacial score (nSPS) is 26.3. The van der Waals surface area contributed by atoms with Gasteiger partial charge in [0.1, 0.15) is 0 Å². The third-order valence-electron chi connectivity index (χ3n) is 1.77. The van der Waals surface area contributed by atoms with E-state index >= 15 is 0 Å². The molecule has 0 heterocycles. The smallest absolute Gasteiger partial charge is 0.676 e. The zero-order valence-corrected chi connectivity index (χ0v) is 9.37. The van der Waals surface area contributed by atoms with Crippen molar-refractivity contribution in [3.05, 3.63) is 11.5 Å². The molecule has 1 aliphatic rings. The molecular formula is C7H14N2O3Pt. The predicted molar refractivity (Wildman–Crippen MR) is 45.3 cm³/mol. The summed E-state index contributed by atoms with van der Waals surface area (Å²) in [7, 11) is 0. The summed E-state index contributed by atoms with van der Waals surface area (Å²) in [6.07, 6.45) is 2.41. The van der Waals surface area contributed by atoms with Crippen LogP contribution in [0.25, 0.3) is 11.5 Å². The van der Waals surface area contributed by atoms with E-state index in [0.717, 1.165) is 12.8 Å². The summed E-state index contributed by atoms with van der Waals surface area (Å²) in [4.78, 5) is 8.56. The van der Waals surface area contributed by atoms with Crippen LogP contribution in [0.5, 0.6) is 0 Å². The molecule has 1 saturated carbocycles. The molecule has 0 spiro atoms. The minimum Gasteiger partial charge on any atom is -0.676 e. The number of hydrogen-bond acceptors (Lipinski definition) is 1. The van der Waals surface area contributed by atoms with Gasteiger partial charge >= 0.3 is 27.2 Å². The maximum atomic E-state index is 8.56. The van der Waals surface area contributed by atoms with E-state index in [1.165, 1.54) is 12.8 Å². The van der Waals surface area contributed by atoms with E-state index in [1.54, 1.807) is 0 Å². The molecular weight excluding hydrogens is 355 g/mol. The van der Waals surface area contributed by atoms with Gasteiger partial charge < -0.3 is 21.7 Å². The van der Waals surface area contributed by atoms with Crippen LogP contribution < -0.4 is 0 Å². The van der Waals surface area contributed by atoms with Gasteiger partial charge in [0.2, 0.25) is 0 Å². The minimum absolute atomic E-state index is 0. The van der Waals surface area contributed by atoms with Crippen molar-refractivity contribution < 1.29 is 36.1 Å². The molecule has 2 unspecified atom stereocenters. The molecule has 0 aromatic rings. The molecule has 0 aromatic heterocycles. The summed E-state index contributed by atoms with van der Waals surface area (Å²) in [5.41, 5.74) is 14.6. The SMILES string of the molecule is O=C(O)O.[NH-]C1CCCCC1[NH-].[Pt+2]. The Labute approximate surface area is 91.7 Å². The van der Waals surface area contributed by atoms with Crippen molar-refractivity contribution in [2.45, 2.75) is 37.8 Å². The van der Waals surface area contributed by atoms with E-state index in [9.17, 15) is 0 Å². The predicted octanol–water partition coefficient (Wildman–Crippen LogP) is 2.62. The fourth-order valence-corrected chi connectivity index (χ4v) is 1.13. The van der Waals surface area contributed by atoms with Gasteiger partial charge in [-0.3, -0.25) is 0 Å². The second-order valence-electron chi connectivity index (χ2n) is 2.78. The monoisotopic (exact) mass is 369 g/mol. The Morgan fingerprint density at radius 1 is 1.08 bits per heavy atom. The van der Waals surface area contributed by atoms with Crippen LogP contribution in [-0.2, 0) is 21.1 Å². The molecule has 0 amide bonds. The van der Waals surface area contributed by atoms with Gasteiger partial charge in [-0.15, -0.1) is 0 Å². The van der Waals surface area contributed by atoms with Crippen molar-refractivity contribution in [3.63, 3.8) is 0 Å². The van der Waals surface area contributed by atoms with Crippen molar-refractivity contribution in [2.75, 3.05) is 0 Å². The molecule has 0 saturated heterocycles. The Bertz CT molecular complexity index is 132. The molecule has 1 aliphatic carbocycles. The molecule has 1 fully saturated rings. The first-order chi connectivity index (χ1) is 5.54. The number of carbonyl (C=O) groups is 1. The summed E-state index contributed by atoms with van der Waals surface area (Å²) >= 11 is 0. The van der Waals surface area contributed by atoms with Gasteiger partial charge in [0.05, 0.1) is 0 Å². The first-order valence-electron chi connectivity index (χ1n) is 3.88. The Kier molecular flexibility index (Phi) is 10.0. The Balaban J connectivity index is 0. The Morgan fingerprint density at radius 3 is 1.46 bits per heavy atom. The van der Waals surface area contributed by atoms with Crippen molar-refractivity contribution in [1.29, 1.82) is 0 Å². The third kappa shape index (κ3) is 9.79. The quantitative estimate of drug-likeness (QED) is 0.686. The van der Waals surface area contributed by atoms with Crippen LogP contribution in [0.1, 0.15) is 25.7 Å². The molecule has 13 heavy (non-hydrogen) atoms. The van der Waals surface area contributed by atoms with Crippen LogP contribution in [0, 0.1) is 0 Å². The molecule has 0 aromatic carbocycles. The van der Waals surface area contributed by atoms with Crippen molar-refractivity contribution in [2.24, 2.45) is 0 Å². The average molecular weight is 369 g/mol. The van der Waals surface area contributed by atoms with E-state index < -0.39 is 6.16 Å². The van der Waals surface area contributed by atoms with Gasteiger partial charge in [-0.25, -0.2) is 4.79 Å². The van der Waals surface area contributed by atoms with Gasteiger partial charge in [-0.1, -0.05) is 25.7 Å². The molecule has 0 aliphatic heterocycles. The molecule has 5 nitrogen and oxygen atoms in total. The van der Waals surface area contributed by atoms with E-state index in [2.05, 4.69) is 0 Å². The topological polar surface area (TPSA) is 105 Å². The first-order valence-corrected chi connectivity index (χ1v) is 3.88. The minimum atomic E-state index is -1.83. The van der Waals surface area contributed by atoms with Gasteiger partial charge in [-0.2, -0.15) is 12.1 Å². The maximum absolute atomic E-state index is 8.56. The van der Waals surface area contributed by atoms with Gasteiger partial charge in [0.25, 0.3) is 0 Å². The molecule has 2 atom stereocenters. The van der Waals surface area contributed by atoms with Gasteiger partial charge in [0.15, 0.2) is 0 Å². The summed E-state index contributed by atoms with van der Waals surface area (Å²) in [6, 6.07) is -0.160. The first kappa shape index (κ1) is 15.4. The molecule has 4 N–H and O–H groups in total. The standard InChI is InChI=1S/C6H12N2.CH2O3.Pt/c7-5-3-1-2-4-6(5)8;2-1(3)4;/h5-8H,1-4H2;(H2,2,3,4);/q-2;;+2. The molecule has 0 radical (unpaired) electrons. The van der Waals surface area contributed by atoms with E-state index in [0.29, 0.717) is 0 Å². The van der Waals surface area contributed by atoms with Crippen LogP contribution in [-0.4, -0.2) is 28.5 Å². The number of rotatable bonds is 0. The van der Waals surface area contributed by atoms with Crippen LogP contribution in [0.3, 0.4) is 0 Å². The second-order valence-corrected chi connectivity index (χ2v) is 2.78. The zero-order valence-electron chi connectivity index (χ0n) is 7.10. The fraction of sp³-hybridized carbons (Fsp3) is 0.857. The summed E-state index contributed by atoms with van der Waals surface area (Å²) in [6.45, 7) is 0. The number of hydrogen-bond donors (Lipinski definition) is 2. The summed E-state index contributed by atoms with van der Waals surface area (Å²) in [5, 5.41) is 13.9. The summed E-state index contributed by atoms with van der Waals surface area (Å²) in [5.74, 6) is 0. The van der Waals surface area contributed by atoms with Crippen molar-refractivity contribution >= 4 is 6.16 Å². The van der Waals surface area contributed by atoms with E-state index in [4.69, 9.17) is 26.5 Å². The van der Waals surface area contributed by atoms with Gasteiger partial charge in [0, 0.05) is 0 Å². The summed E-state index contributed by atoms with van der Waals surface area (Å²) < 4.78 is 0. The van der Waals surface area contributed by atoms with Crippen LogP contribution in [0.15, 0.2) is 0 Å². The maximum Gasteiger partial charge on any atom is 2.00 e. The van der Waals surface area contributed by atoms with Crippen LogP contribution >= 0.6 is 0 Å². The van der Waals surface area contributed by atoms with E-state index in [-0.39, 0.29) is 33.1 Å². The number of carboxylic acid groups (broad SMARTS) is 2. The fourth-order valence-electron chi connectivity index (χ4n) is 1.13.